The number of hydrogen-bond donors (Lipinski definition) is 6. The Morgan fingerprint density at radius 3 is 2.14 bits per heavy atom. The first-order valence-electron chi connectivity index (χ1n) is 16.5. The topological polar surface area (TPSA) is 171 Å². The van der Waals surface area contributed by atoms with Crippen molar-refractivity contribution in [1.82, 2.24) is 5.32 Å². The van der Waals surface area contributed by atoms with Gasteiger partial charge in [-0.3, -0.25) is 4.79 Å². The molecular weight excluding hydrogens is 642 g/mol. The molecule has 2 atom stereocenters. The molecule has 0 saturated carbocycles. The molecule has 0 aromatic heterocycles. The number of benzene rings is 4. The third-order valence-corrected chi connectivity index (χ3v) is 8.88. The fourth-order valence-corrected chi connectivity index (χ4v) is 6.18. The molecule has 0 radical (unpaired) electrons. The van der Waals surface area contributed by atoms with Gasteiger partial charge in [-0.15, -0.1) is 0 Å². The molecule has 12 heteroatoms. The highest BCUT2D eigenvalue weighted by molar-refractivity contribution is 6.02. The lowest BCUT2D eigenvalue weighted by Crippen LogP contribution is -2.38. The molecule has 262 valence electrons. The Morgan fingerprint density at radius 1 is 0.760 bits per heavy atom. The van der Waals surface area contributed by atoms with E-state index < -0.39 is 12.3 Å². The number of anilines is 1. The first kappa shape index (κ1) is 34.7. The van der Waals surface area contributed by atoms with Crippen LogP contribution in [0.15, 0.2) is 78.0 Å². The van der Waals surface area contributed by atoms with Crippen LogP contribution in [0.4, 0.5) is 5.69 Å². The van der Waals surface area contributed by atoms with Gasteiger partial charge in [0.1, 0.15) is 11.9 Å². The molecule has 2 aliphatic rings. The van der Waals surface area contributed by atoms with Crippen molar-refractivity contribution in [3.05, 3.63) is 117 Å². The summed E-state index contributed by atoms with van der Waals surface area (Å²) in [6.07, 6.45) is 1.03. The van der Waals surface area contributed by atoms with Gasteiger partial charge in [0.15, 0.2) is 17.6 Å². The van der Waals surface area contributed by atoms with E-state index in [-0.39, 0.29) is 32.3 Å². The van der Waals surface area contributed by atoms with Crippen molar-refractivity contribution in [1.29, 1.82) is 0 Å². The van der Waals surface area contributed by atoms with Crippen LogP contribution in [0.5, 0.6) is 17.2 Å². The standard InChI is InChI=1S/C38H41N3O9/c1-47-34-11-8-23(32-18-35(50-41-32)25-15-26(19-42)30(22-45)27(16-25)20-43)17-36(34)49-13-5-4-12-48-33-10-9-24(14-28(33)21-44)37-39-31-7-3-2-6-29(31)38(46)40-37/h2-3,6-11,14-17,35,37,39,42-45H,4-5,12-13,18-22H2,1H3,(H,40,46). The second-order valence-corrected chi connectivity index (χ2v) is 12.0. The van der Waals surface area contributed by atoms with E-state index in [2.05, 4.69) is 15.8 Å². The summed E-state index contributed by atoms with van der Waals surface area (Å²) in [5.74, 6) is 1.57. The summed E-state index contributed by atoms with van der Waals surface area (Å²) in [5, 5.41) is 49.9. The van der Waals surface area contributed by atoms with E-state index in [1.807, 2.05) is 54.6 Å². The van der Waals surface area contributed by atoms with Crippen LogP contribution < -0.4 is 24.8 Å². The maximum Gasteiger partial charge on any atom is 0.255 e. The van der Waals surface area contributed by atoms with Crippen LogP contribution in [0.25, 0.3) is 0 Å². The van der Waals surface area contributed by atoms with E-state index in [0.717, 1.165) is 28.1 Å². The number of oxime groups is 1. The number of nitrogens with zero attached hydrogens (tertiary/aromatic N) is 1. The molecule has 6 rings (SSSR count). The normalized spacial score (nSPS) is 16.5. The van der Waals surface area contributed by atoms with Gasteiger partial charge in [0.2, 0.25) is 0 Å². The molecule has 1 amide bonds. The smallest absolute Gasteiger partial charge is 0.255 e. The number of rotatable bonds is 15. The van der Waals surface area contributed by atoms with Crippen LogP contribution in [-0.2, 0) is 31.3 Å². The first-order chi connectivity index (χ1) is 24.5. The zero-order chi connectivity index (χ0) is 35.0. The Morgan fingerprint density at radius 2 is 1.44 bits per heavy atom. The lowest BCUT2D eigenvalue weighted by atomic mass is 9.93. The monoisotopic (exact) mass is 683 g/mol. The van der Waals surface area contributed by atoms with Gasteiger partial charge in [0.25, 0.3) is 5.91 Å². The van der Waals surface area contributed by atoms with Gasteiger partial charge in [-0.2, -0.15) is 0 Å². The Kier molecular flexibility index (Phi) is 11.1. The van der Waals surface area contributed by atoms with Gasteiger partial charge in [-0.25, -0.2) is 0 Å². The SMILES string of the molecule is COc1ccc(C2=NOC(c3cc(CO)c(CO)c(CO)c3)C2)cc1OCCCCOc1ccc(C2NC(=O)c3ccccc3N2)cc1CO. The summed E-state index contributed by atoms with van der Waals surface area (Å²) in [7, 11) is 1.58. The number of methoxy groups -OCH3 is 1. The molecule has 6 N–H and O–H groups in total. The van der Waals surface area contributed by atoms with Crippen LogP contribution in [0.2, 0.25) is 0 Å². The summed E-state index contributed by atoms with van der Waals surface area (Å²) in [6.45, 7) is -0.188. The van der Waals surface area contributed by atoms with Gasteiger partial charge in [-0.05, 0) is 95.3 Å². The number of ether oxygens (including phenoxy) is 3. The fraction of sp³-hybridized carbons (Fsp3) is 0.316. The molecule has 0 saturated heterocycles. The van der Waals surface area contributed by atoms with E-state index >= 15 is 0 Å². The predicted molar refractivity (Wildman–Crippen MR) is 185 cm³/mol. The average molecular weight is 684 g/mol. The molecule has 4 aromatic carbocycles. The predicted octanol–water partition coefficient (Wildman–Crippen LogP) is 4.62. The van der Waals surface area contributed by atoms with Gasteiger partial charge in [0, 0.05) is 23.2 Å². The van der Waals surface area contributed by atoms with E-state index in [1.165, 1.54) is 0 Å². The number of aliphatic hydroxyl groups excluding tert-OH is 4. The molecule has 2 aliphatic heterocycles. The van der Waals surface area contributed by atoms with Crippen LogP contribution in [-0.4, -0.2) is 52.4 Å². The quantitative estimate of drug-likeness (QED) is 0.0972. The van der Waals surface area contributed by atoms with Crippen molar-refractivity contribution < 1.29 is 44.3 Å². The molecule has 2 heterocycles. The maximum atomic E-state index is 12.6. The highest BCUT2D eigenvalue weighted by Crippen LogP contribution is 2.35. The summed E-state index contributed by atoms with van der Waals surface area (Å²) in [5.41, 5.74) is 6.66. The Hall–Kier alpha value is -5.14. The number of amides is 1. The Balaban J connectivity index is 1.01. The first-order valence-corrected chi connectivity index (χ1v) is 16.5. The van der Waals surface area contributed by atoms with Crippen molar-refractivity contribution in [3.63, 3.8) is 0 Å². The number of hydrogen-bond acceptors (Lipinski definition) is 11. The van der Waals surface area contributed by atoms with Gasteiger partial charge >= 0.3 is 0 Å². The minimum Gasteiger partial charge on any atom is -0.493 e. The molecule has 0 bridgehead atoms. The molecule has 0 aliphatic carbocycles. The molecular formula is C38H41N3O9. The zero-order valence-corrected chi connectivity index (χ0v) is 27.7. The van der Waals surface area contributed by atoms with Crippen molar-refractivity contribution in [2.75, 3.05) is 25.6 Å². The maximum absolute atomic E-state index is 12.6. The number of aliphatic hydroxyl groups is 4. The summed E-state index contributed by atoms with van der Waals surface area (Å²) in [4.78, 5) is 18.3. The third kappa shape index (κ3) is 7.53. The van der Waals surface area contributed by atoms with Crippen molar-refractivity contribution in [3.8, 4) is 17.2 Å². The Bertz CT molecular complexity index is 1840. The van der Waals surface area contributed by atoms with Crippen molar-refractivity contribution >= 4 is 17.3 Å². The van der Waals surface area contributed by atoms with E-state index in [9.17, 15) is 25.2 Å². The number of nitrogens with one attached hydrogen (secondary N) is 2. The highest BCUT2D eigenvalue weighted by atomic mass is 16.6. The minimum atomic E-state index is -0.427. The van der Waals surface area contributed by atoms with Crippen LogP contribution >= 0.6 is 0 Å². The van der Waals surface area contributed by atoms with Crippen LogP contribution in [0.3, 0.4) is 0 Å². The van der Waals surface area contributed by atoms with E-state index in [4.69, 9.17) is 19.0 Å². The number of para-hydroxylation sites is 1. The van der Waals surface area contributed by atoms with Gasteiger partial charge in [-0.1, -0.05) is 23.4 Å². The zero-order valence-electron chi connectivity index (χ0n) is 27.7. The number of carbonyl (C=O) groups excluding carboxylic acids is 1. The number of unbranched alkanes of at least 4 members (excludes halogenated alkanes) is 1. The van der Waals surface area contributed by atoms with Gasteiger partial charge < -0.3 is 50.1 Å². The lowest BCUT2D eigenvalue weighted by Gasteiger charge is -2.28. The molecule has 2 unspecified atom stereocenters. The molecule has 50 heavy (non-hydrogen) atoms. The molecule has 0 fully saturated rings. The summed E-state index contributed by atoms with van der Waals surface area (Å²) in [6, 6.07) is 22.0. The van der Waals surface area contributed by atoms with Crippen molar-refractivity contribution in [2.45, 2.75) is 58.0 Å². The highest BCUT2D eigenvalue weighted by Gasteiger charge is 2.27. The average Bonchev–Trinajstić information content (AvgIpc) is 3.66. The fourth-order valence-electron chi connectivity index (χ4n) is 6.18. The largest absolute Gasteiger partial charge is 0.493 e. The molecule has 0 spiro atoms. The molecule has 4 aromatic rings. The van der Waals surface area contributed by atoms with Gasteiger partial charge in [0.05, 0.1) is 58.0 Å². The van der Waals surface area contributed by atoms with E-state index in [0.29, 0.717) is 77.5 Å². The van der Waals surface area contributed by atoms with Crippen molar-refractivity contribution in [2.24, 2.45) is 5.16 Å². The summed E-state index contributed by atoms with van der Waals surface area (Å²) < 4.78 is 17.6. The summed E-state index contributed by atoms with van der Waals surface area (Å²) >= 11 is 0. The third-order valence-electron chi connectivity index (χ3n) is 8.88. The lowest BCUT2D eigenvalue weighted by molar-refractivity contribution is 0.0853. The number of fused-ring (bicyclic) bond motifs is 1. The molecule has 12 nitrogen and oxygen atoms in total. The minimum absolute atomic E-state index is 0.158. The number of carbonyl (C=O) groups is 1. The van der Waals surface area contributed by atoms with E-state index in [1.54, 1.807) is 25.3 Å². The Labute approximate surface area is 289 Å². The second kappa shape index (κ2) is 16.0. The van der Waals surface area contributed by atoms with Crippen LogP contribution in [0, 0.1) is 0 Å². The van der Waals surface area contributed by atoms with Crippen LogP contribution in [0.1, 0.15) is 80.8 Å². The second-order valence-electron chi connectivity index (χ2n) is 12.0.